The highest BCUT2D eigenvalue weighted by Crippen LogP contribution is 2.27. The third-order valence-electron chi connectivity index (χ3n) is 3.71. The van der Waals surface area contributed by atoms with Crippen LogP contribution in [0.15, 0.2) is 60.0 Å². The fraction of sp³-hybridized carbons (Fsp3) is 0.167. The van der Waals surface area contributed by atoms with Gasteiger partial charge in [0.2, 0.25) is 0 Å². The third kappa shape index (κ3) is 2.52. The molecule has 0 fully saturated rings. The number of fused-ring (bicyclic) bond motifs is 1. The van der Waals surface area contributed by atoms with Crippen LogP contribution in [0, 0.1) is 0 Å². The van der Waals surface area contributed by atoms with Crippen molar-refractivity contribution in [3.8, 4) is 0 Å². The summed E-state index contributed by atoms with van der Waals surface area (Å²) >= 11 is 1.71. The van der Waals surface area contributed by atoms with Crippen molar-refractivity contribution < 1.29 is 4.79 Å². The summed E-state index contributed by atoms with van der Waals surface area (Å²) < 4.78 is 1.25. The Hall–Kier alpha value is -1.93. The maximum Gasteiger partial charge on any atom is 0.144 e. The topological polar surface area (TPSA) is 17.1 Å². The molecule has 0 aliphatic carbocycles. The van der Waals surface area contributed by atoms with E-state index in [0.717, 1.165) is 11.1 Å². The molecule has 0 radical (unpaired) electrons. The van der Waals surface area contributed by atoms with Gasteiger partial charge in [0.15, 0.2) is 0 Å². The molecule has 0 aliphatic rings. The standard InChI is InChI=1S/C18H16OS/c1-13(14-7-3-2-4-8-14)17(19)11-15-12-20-18-10-6-5-9-16(15)18/h2-10,12-13H,11H2,1H3. The zero-order chi connectivity index (χ0) is 13.9. The van der Waals surface area contributed by atoms with Gasteiger partial charge in [-0.2, -0.15) is 0 Å². The van der Waals surface area contributed by atoms with Crippen LogP contribution in [0.3, 0.4) is 0 Å². The quantitative estimate of drug-likeness (QED) is 0.670. The summed E-state index contributed by atoms with van der Waals surface area (Å²) in [5.41, 5.74) is 2.25. The Bertz CT molecular complexity index is 727. The summed E-state index contributed by atoms with van der Waals surface area (Å²) in [5.74, 6) is 0.231. The van der Waals surface area contributed by atoms with Crippen molar-refractivity contribution >= 4 is 27.2 Å². The van der Waals surface area contributed by atoms with Gasteiger partial charge in [-0.1, -0.05) is 55.5 Å². The second kappa shape index (κ2) is 5.59. The zero-order valence-corrected chi connectivity index (χ0v) is 12.2. The Labute approximate surface area is 122 Å². The molecule has 100 valence electrons. The average molecular weight is 280 g/mol. The Morgan fingerprint density at radius 3 is 2.55 bits per heavy atom. The zero-order valence-electron chi connectivity index (χ0n) is 11.4. The fourth-order valence-corrected chi connectivity index (χ4v) is 3.40. The van der Waals surface area contributed by atoms with E-state index in [1.165, 1.54) is 10.1 Å². The van der Waals surface area contributed by atoms with Gasteiger partial charge in [0.1, 0.15) is 5.78 Å². The molecular formula is C18H16OS. The molecule has 0 N–H and O–H groups in total. The molecule has 1 nitrogen and oxygen atoms in total. The smallest absolute Gasteiger partial charge is 0.144 e. The van der Waals surface area contributed by atoms with Crippen LogP contribution in [0.25, 0.3) is 10.1 Å². The number of benzene rings is 2. The predicted octanol–water partition coefficient (Wildman–Crippen LogP) is 4.82. The highest BCUT2D eigenvalue weighted by molar-refractivity contribution is 7.17. The molecule has 0 saturated heterocycles. The molecule has 2 aromatic carbocycles. The van der Waals surface area contributed by atoms with E-state index in [9.17, 15) is 4.79 Å². The molecule has 3 rings (SSSR count). The van der Waals surface area contributed by atoms with Gasteiger partial charge in [0, 0.05) is 17.0 Å². The average Bonchev–Trinajstić information content (AvgIpc) is 2.91. The van der Waals surface area contributed by atoms with E-state index < -0.39 is 0 Å². The first-order chi connectivity index (χ1) is 9.75. The first kappa shape index (κ1) is 13.1. The monoisotopic (exact) mass is 280 g/mol. The van der Waals surface area contributed by atoms with Gasteiger partial charge in [0.25, 0.3) is 0 Å². The van der Waals surface area contributed by atoms with Crippen LogP contribution < -0.4 is 0 Å². The Kier molecular flexibility index (Phi) is 3.66. The summed E-state index contributed by atoms with van der Waals surface area (Å²) in [6, 6.07) is 18.3. The fourth-order valence-electron chi connectivity index (χ4n) is 2.44. The van der Waals surface area contributed by atoms with E-state index in [2.05, 4.69) is 17.5 Å². The van der Waals surface area contributed by atoms with Crippen LogP contribution in [-0.2, 0) is 11.2 Å². The van der Waals surface area contributed by atoms with Crippen molar-refractivity contribution in [3.63, 3.8) is 0 Å². The molecule has 2 heteroatoms. The Morgan fingerprint density at radius 1 is 1.05 bits per heavy atom. The number of carbonyl (C=O) groups excluding carboxylic acids is 1. The van der Waals surface area contributed by atoms with Gasteiger partial charge >= 0.3 is 0 Å². The molecule has 1 heterocycles. The van der Waals surface area contributed by atoms with Crippen molar-refractivity contribution in [1.29, 1.82) is 0 Å². The number of hydrogen-bond donors (Lipinski definition) is 0. The van der Waals surface area contributed by atoms with Crippen LogP contribution in [0.5, 0.6) is 0 Å². The second-order valence-electron chi connectivity index (χ2n) is 5.03. The van der Waals surface area contributed by atoms with Crippen molar-refractivity contribution in [2.45, 2.75) is 19.3 Å². The molecular weight excluding hydrogens is 264 g/mol. The minimum atomic E-state index is -0.0464. The molecule has 1 unspecified atom stereocenters. The Balaban J connectivity index is 1.82. The summed E-state index contributed by atoms with van der Waals surface area (Å²) in [5, 5.41) is 3.33. The maximum atomic E-state index is 12.5. The van der Waals surface area contributed by atoms with E-state index in [-0.39, 0.29) is 11.7 Å². The number of carbonyl (C=O) groups is 1. The molecule has 1 aromatic heterocycles. The van der Waals surface area contributed by atoms with Gasteiger partial charge in [-0.05, 0) is 28.0 Å². The lowest BCUT2D eigenvalue weighted by molar-refractivity contribution is -0.119. The molecule has 1 atom stereocenters. The predicted molar refractivity (Wildman–Crippen MR) is 85.4 cm³/mol. The molecule has 20 heavy (non-hydrogen) atoms. The van der Waals surface area contributed by atoms with Crippen molar-refractivity contribution in [3.05, 3.63) is 71.1 Å². The lowest BCUT2D eigenvalue weighted by atomic mass is 9.93. The number of rotatable bonds is 4. The third-order valence-corrected chi connectivity index (χ3v) is 4.72. The number of thiophene rings is 1. The van der Waals surface area contributed by atoms with Crippen LogP contribution in [0.4, 0.5) is 0 Å². The summed E-state index contributed by atoms with van der Waals surface area (Å²) in [6.45, 7) is 1.99. The number of ketones is 1. The normalized spacial score (nSPS) is 12.4. The van der Waals surface area contributed by atoms with E-state index >= 15 is 0 Å². The minimum Gasteiger partial charge on any atom is -0.299 e. The first-order valence-corrected chi connectivity index (χ1v) is 7.66. The SMILES string of the molecule is CC(C(=O)Cc1csc2ccccc12)c1ccccc1. The molecule has 0 spiro atoms. The van der Waals surface area contributed by atoms with Gasteiger partial charge in [0.05, 0.1) is 0 Å². The van der Waals surface area contributed by atoms with Crippen LogP contribution in [0.2, 0.25) is 0 Å². The van der Waals surface area contributed by atoms with Crippen LogP contribution in [0.1, 0.15) is 24.0 Å². The molecule has 0 amide bonds. The van der Waals surface area contributed by atoms with Crippen LogP contribution in [-0.4, -0.2) is 5.78 Å². The number of Topliss-reactive ketones (excluding diaryl/α,β-unsaturated/α-hetero) is 1. The van der Waals surface area contributed by atoms with E-state index in [4.69, 9.17) is 0 Å². The Morgan fingerprint density at radius 2 is 1.75 bits per heavy atom. The summed E-state index contributed by atoms with van der Waals surface area (Å²) in [6.07, 6.45) is 0.514. The lowest BCUT2D eigenvalue weighted by Crippen LogP contribution is -2.11. The molecule has 3 aromatic rings. The van der Waals surface area contributed by atoms with Crippen molar-refractivity contribution in [2.24, 2.45) is 0 Å². The molecule has 0 aliphatic heterocycles. The first-order valence-electron chi connectivity index (χ1n) is 6.78. The lowest BCUT2D eigenvalue weighted by Gasteiger charge is -2.10. The minimum absolute atomic E-state index is 0.0464. The highest BCUT2D eigenvalue weighted by atomic mass is 32.1. The summed E-state index contributed by atoms with van der Waals surface area (Å²) in [4.78, 5) is 12.5. The van der Waals surface area contributed by atoms with Gasteiger partial charge in [-0.3, -0.25) is 4.79 Å². The van der Waals surface area contributed by atoms with Gasteiger partial charge in [-0.25, -0.2) is 0 Å². The summed E-state index contributed by atoms with van der Waals surface area (Å²) in [7, 11) is 0. The second-order valence-corrected chi connectivity index (χ2v) is 5.94. The van der Waals surface area contributed by atoms with E-state index in [1.54, 1.807) is 11.3 Å². The molecule has 0 bridgehead atoms. The van der Waals surface area contributed by atoms with Crippen molar-refractivity contribution in [1.82, 2.24) is 0 Å². The largest absolute Gasteiger partial charge is 0.299 e. The number of hydrogen-bond acceptors (Lipinski definition) is 2. The van der Waals surface area contributed by atoms with E-state index in [1.807, 2.05) is 49.4 Å². The highest BCUT2D eigenvalue weighted by Gasteiger charge is 2.16. The van der Waals surface area contributed by atoms with Crippen molar-refractivity contribution in [2.75, 3.05) is 0 Å². The van der Waals surface area contributed by atoms with E-state index in [0.29, 0.717) is 6.42 Å². The maximum absolute atomic E-state index is 12.5. The van der Waals surface area contributed by atoms with Gasteiger partial charge in [-0.15, -0.1) is 11.3 Å². The molecule has 0 saturated carbocycles. The van der Waals surface area contributed by atoms with Crippen LogP contribution >= 0.6 is 11.3 Å². The van der Waals surface area contributed by atoms with Gasteiger partial charge < -0.3 is 0 Å².